The first-order valence-corrected chi connectivity index (χ1v) is 9.83. The van der Waals surface area contributed by atoms with E-state index in [0.717, 1.165) is 16.7 Å². The van der Waals surface area contributed by atoms with Gasteiger partial charge in [0.15, 0.2) is 0 Å². The van der Waals surface area contributed by atoms with Gasteiger partial charge in [-0.3, -0.25) is 9.48 Å². The Bertz CT molecular complexity index is 1150. The van der Waals surface area contributed by atoms with Gasteiger partial charge >= 0.3 is 0 Å². The molecular weight excluding hydrogens is 374 g/mol. The third-order valence-electron chi connectivity index (χ3n) is 4.95. The summed E-state index contributed by atoms with van der Waals surface area (Å²) in [6.07, 6.45) is 1.78. The van der Waals surface area contributed by atoms with Crippen LogP contribution in [0.1, 0.15) is 27.0 Å². The van der Waals surface area contributed by atoms with Crippen molar-refractivity contribution in [3.8, 4) is 17.0 Å². The van der Waals surface area contributed by atoms with Crippen molar-refractivity contribution < 1.29 is 9.90 Å². The van der Waals surface area contributed by atoms with Gasteiger partial charge in [-0.1, -0.05) is 78.4 Å². The Balaban J connectivity index is 1.63. The van der Waals surface area contributed by atoms with E-state index in [9.17, 15) is 9.90 Å². The monoisotopic (exact) mass is 397 g/mol. The molecule has 5 heteroatoms. The lowest BCUT2D eigenvalue weighted by Gasteiger charge is -2.07. The standard InChI is InChI=1S/C25H23N3O2/c1-18-11-13-20(14-12-18)24-22(17-28(27-24)16-19-7-3-2-4-8-19)25(30)26-15-21-9-5-6-10-23(21)29/h2-14,17,29H,15-16H2,1H3,(H,26,30). The number of nitrogens with zero attached hydrogens (tertiary/aromatic N) is 2. The van der Waals surface area contributed by atoms with Crippen LogP contribution in [0.5, 0.6) is 5.75 Å². The molecule has 0 atom stereocenters. The number of aromatic hydroxyl groups is 1. The predicted molar refractivity (Wildman–Crippen MR) is 117 cm³/mol. The van der Waals surface area contributed by atoms with E-state index in [0.29, 0.717) is 23.4 Å². The van der Waals surface area contributed by atoms with Gasteiger partial charge in [-0.05, 0) is 18.6 Å². The van der Waals surface area contributed by atoms with Crippen LogP contribution in [-0.4, -0.2) is 20.8 Å². The third-order valence-corrected chi connectivity index (χ3v) is 4.95. The van der Waals surface area contributed by atoms with Gasteiger partial charge in [0.2, 0.25) is 0 Å². The molecule has 1 aromatic heterocycles. The maximum Gasteiger partial charge on any atom is 0.255 e. The highest BCUT2D eigenvalue weighted by Crippen LogP contribution is 2.24. The number of hydrogen-bond donors (Lipinski definition) is 2. The second-order valence-electron chi connectivity index (χ2n) is 7.25. The SMILES string of the molecule is Cc1ccc(-c2nn(Cc3ccccc3)cc2C(=O)NCc2ccccc2O)cc1. The van der Waals surface area contributed by atoms with E-state index in [1.807, 2.05) is 67.6 Å². The van der Waals surface area contributed by atoms with Crippen LogP contribution in [-0.2, 0) is 13.1 Å². The summed E-state index contributed by atoms with van der Waals surface area (Å²) >= 11 is 0. The van der Waals surface area contributed by atoms with Crippen molar-refractivity contribution in [2.24, 2.45) is 0 Å². The first-order valence-electron chi connectivity index (χ1n) is 9.83. The smallest absolute Gasteiger partial charge is 0.255 e. The maximum absolute atomic E-state index is 13.0. The molecule has 1 heterocycles. The highest BCUT2D eigenvalue weighted by Gasteiger charge is 2.18. The number of rotatable bonds is 6. The fraction of sp³-hybridized carbons (Fsp3) is 0.120. The van der Waals surface area contributed by atoms with Crippen LogP contribution in [0.3, 0.4) is 0 Å². The molecule has 0 spiro atoms. The average molecular weight is 397 g/mol. The van der Waals surface area contributed by atoms with Crippen LogP contribution >= 0.6 is 0 Å². The summed E-state index contributed by atoms with van der Waals surface area (Å²) in [6, 6.07) is 25.0. The minimum Gasteiger partial charge on any atom is -0.508 e. The molecule has 5 nitrogen and oxygen atoms in total. The van der Waals surface area contributed by atoms with E-state index >= 15 is 0 Å². The van der Waals surface area contributed by atoms with Crippen LogP contribution in [0.4, 0.5) is 0 Å². The van der Waals surface area contributed by atoms with Gasteiger partial charge in [-0.2, -0.15) is 5.10 Å². The molecule has 3 aromatic carbocycles. The Labute approximate surface area is 175 Å². The molecule has 0 bridgehead atoms. The molecule has 0 saturated carbocycles. The van der Waals surface area contributed by atoms with Gasteiger partial charge in [0.1, 0.15) is 11.4 Å². The normalized spacial score (nSPS) is 10.7. The van der Waals surface area contributed by atoms with E-state index in [1.54, 1.807) is 29.1 Å². The van der Waals surface area contributed by atoms with Crippen molar-refractivity contribution in [2.75, 3.05) is 0 Å². The van der Waals surface area contributed by atoms with Crippen molar-refractivity contribution in [3.63, 3.8) is 0 Å². The van der Waals surface area contributed by atoms with Crippen LogP contribution in [0.15, 0.2) is 85.1 Å². The second-order valence-corrected chi connectivity index (χ2v) is 7.25. The van der Waals surface area contributed by atoms with Gasteiger partial charge in [0.05, 0.1) is 12.1 Å². The van der Waals surface area contributed by atoms with Gasteiger partial charge in [0, 0.05) is 23.9 Å². The van der Waals surface area contributed by atoms with E-state index in [-0.39, 0.29) is 18.2 Å². The zero-order chi connectivity index (χ0) is 20.9. The van der Waals surface area contributed by atoms with Gasteiger partial charge in [-0.25, -0.2) is 0 Å². The predicted octanol–water partition coefficient (Wildman–Crippen LogP) is 4.54. The van der Waals surface area contributed by atoms with E-state index in [4.69, 9.17) is 5.10 Å². The minimum atomic E-state index is -0.229. The number of para-hydroxylation sites is 1. The molecule has 4 rings (SSSR count). The molecule has 30 heavy (non-hydrogen) atoms. The van der Waals surface area contributed by atoms with Crippen LogP contribution in [0, 0.1) is 6.92 Å². The summed E-state index contributed by atoms with van der Waals surface area (Å²) < 4.78 is 1.79. The third kappa shape index (κ3) is 4.41. The fourth-order valence-electron chi connectivity index (χ4n) is 3.29. The highest BCUT2D eigenvalue weighted by molar-refractivity contribution is 5.99. The summed E-state index contributed by atoms with van der Waals surface area (Å²) in [5.41, 5.74) is 4.95. The van der Waals surface area contributed by atoms with Crippen LogP contribution in [0.25, 0.3) is 11.3 Å². The first-order chi connectivity index (χ1) is 14.6. The number of phenolic OH excluding ortho intramolecular Hbond substituents is 1. The number of nitrogens with one attached hydrogen (secondary N) is 1. The Hall–Kier alpha value is -3.86. The molecule has 4 aromatic rings. The quantitative estimate of drug-likeness (QED) is 0.502. The van der Waals surface area contributed by atoms with Crippen molar-refractivity contribution in [3.05, 3.63) is 107 Å². The van der Waals surface area contributed by atoms with Crippen LogP contribution < -0.4 is 5.32 Å². The summed E-state index contributed by atoms with van der Waals surface area (Å²) in [5.74, 6) is -0.0653. The summed E-state index contributed by atoms with van der Waals surface area (Å²) in [6.45, 7) is 2.84. The molecule has 0 radical (unpaired) electrons. The lowest BCUT2D eigenvalue weighted by molar-refractivity contribution is 0.0951. The lowest BCUT2D eigenvalue weighted by atomic mass is 10.1. The minimum absolute atomic E-state index is 0.163. The number of hydrogen-bond acceptors (Lipinski definition) is 3. The zero-order valence-corrected chi connectivity index (χ0v) is 16.7. The van der Waals surface area contributed by atoms with Crippen molar-refractivity contribution in [2.45, 2.75) is 20.0 Å². The summed E-state index contributed by atoms with van der Waals surface area (Å²) in [4.78, 5) is 13.0. The number of aromatic nitrogens is 2. The Morgan fingerprint density at radius 1 is 0.967 bits per heavy atom. The van der Waals surface area contributed by atoms with E-state index in [1.165, 1.54) is 0 Å². The molecule has 0 fully saturated rings. The maximum atomic E-state index is 13.0. The number of carbonyl (C=O) groups is 1. The summed E-state index contributed by atoms with van der Waals surface area (Å²) in [5, 5.41) is 17.6. The molecule has 0 aliphatic heterocycles. The van der Waals surface area contributed by atoms with E-state index < -0.39 is 0 Å². The molecule has 0 saturated heterocycles. The van der Waals surface area contributed by atoms with Gasteiger partial charge in [0.25, 0.3) is 5.91 Å². The molecule has 150 valence electrons. The number of phenols is 1. The molecule has 0 aliphatic carbocycles. The molecule has 1 amide bonds. The highest BCUT2D eigenvalue weighted by atomic mass is 16.3. The van der Waals surface area contributed by atoms with Gasteiger partial charge < -0.3 is 10.4 Å². The van der Waals surface area contributed by atoms with Crippen LogP contribution in [0.2, 0.25) is 0 Å². The summed E-state index contributed by atoms with van der Waals surface area (Å²) in [7, 11) is 0. The second kappa shape index (κ2) is 8.66. The Kier molecular flexibility index (Phi) is 5.61. The Morgan fingerprint density at radius 3 is 2.40 bits per heavy atom. The number of carbonyl (C=O) groups excluding carboxylic acids is 1. The first kappa shape index (κ1) is 19.5. The Morgan fingerprint density at radius 2 is 1.67 bits per heavy atom. The van der Waals surface area contributed by atoms with E-state index in [2.05, 4.69) is 5.32 Å². The molecule has 2 N–H and O–H groups in total. The van der Waals surface area contributed by atoms with Gasteiger partial charge in [-0.15, -0.1) is 0 Å². The number of benzene rings is 3. The molecular formula is C25H23N3O2. The average Bonchev–Trinajstić information content (AvgIpc) is 3.18. The number of aryl methyl sites for hydroxylation is 1. The largest absolute Gasteiger partial charge is 0.508 e. The molecule has 0 unspecified atom stereocenters. The van der Waals surface area contributed by atoms with Crippen molar-refractivity contribution in [1.82, 2.24) is 15.1 Å². The topological polar surface area (TPSA) is 67.2 Å². The van der Waals surface area contributed by atoms with Crippen molar-refractivity contribution in [1.29, 1.82) is 0 Å². The molecule has 0 aliphatic rings. The number of amides is 1. The lowest BCUT2D eigenvalue weighted by Crippen LogP contribution is -2.23. The van der Waals surface area contributed by atoms with Crippen molar-refractivity contribution >= 4 is 5.91 Å². The zero-order valence-electron chi connectivity index (χ0n) is 16.7. The fourth-order valence-corrected chi connectivity index (χ4v) is 3.29.